The molecule has 0 saturated carbocycles. The minimum atomic E-state index is -0.293. The van der Waals surface area contributed by atoms with Crippen molar-refractivity contribution in [2.24, 2.45) is 5.73 Å². The van der Waals surface area contributed by atoms with Crippen LogP contribution in [0.15, 0.2) is 54.9 Å². The molecule has 3 nitrogen and oxygen atoms in total. The lowest BCUT2D eigenvalue weighted by Gasteiger charge is -2.13. The summed E-state index contributed by atoms with van der Waals surface area (Å²) in [6, 6.07) is 13.8. The molecular formula is C15H16N2O. The van der Waals surface area contributed by atoms with Crippen molar-refractivity contribution in [2.75, 3.05) is 0 Å². The van der Waals surface area contributed by atoms with Gasteiger partial charge in [-0.2, -0.15) is 0 Å². The van der Waals surface area contributed by atoms with Crippen LogP contribution in [0.2, 0.25) is 0 Å². The Morgan fingerprint density at radius 2 is 1.94 bits per heavy atom. The largest absolute Gasteiger partial charge is 0.369 e. The van der Waals surface area contributed by atoms with E-state index in [9.17, 15) is 4.79 Å². The lowest BCUT2D eigenvalue weighted by Crippen LogP contribution is -2.22. The maximum atomic E-state index is 11.5. The number of nitrogens with two attached hydrogens (primary N) is 1. The minimum absolute atomic E-state index is 0.265. The van der Waals surface area contributed by atoms with Crippen molar-refractivity contribution in [3.8, 4) is 0 Å². The number of hydrogen-bond donors (Lipinski definition) is 1. The van der Waals surface area contributed by atoms with Gasteiger partial charge in [-0.1, -0.05) is 36.4 Å². The van der Waals surface area contributed by atoms with E-state index < -0.39 is 0 Å². The van der Waals surface area contributed by atoms with Crippen molar-refractivity contribution in [1.29, 1.82) is 0 Å². The van der Waals surface area contributed by atoms with E-state index in [1.807, 2.05) is 30.3 Å². The van der Waals surface area contributed by atoms with Crippen LogP contribution in [-0.4, -0.2) is 10.9 Å². The highest BCUT2D eigenvalue weighted by molar-refractivity contribution is 5.81. The number of primary amides is 1. The molecule has 2 rings (SSSR count). The van der Waals surface area contributed by atoms with Crippen molar-refractivity contribution in [2.45, 2.75) is 18.8 Å². The second-order valence-corrected chi connectivity index (χ2v) is 4.27. The number of rotatable bonds is 5. The number of carbonyl (C=O) groups is 1. The lowest BCUT2D eigenvalue weighted by molar-refractivity contribution is -0.119. The summed E-state index contributed by atoms with van der Waals surface area (Å²) in [7, 11) is 0. The fourth-order valence-corrected chi connectivity index (χ4v) is 2.01. The molecule has 0 bridgehead atoms. The third-order valence-electron chi connectivity index (χ3n) is 2.99. The Balaban J connectivity index is 2.06. The van der Waals surface area contributed by atoms with Gasteiger partial charge in [-0.3, -0.25) is 9.78 Å². The van der Waals surface area contributed by atoms with Crippen LogP contribution in [0.25, 0.3) is 0 Å². The van der Waals surface area contributed by atoms with Crippen molar-refractivity contribution in [3.05, 3.63) is 66.0 Å². The maximum Gasteiger partial charge on any atom is 0.225 e. The van der Waals surface area contributed by atoms with Crippen LogP contribution in [0, 0.1) is 0 Å². The minimum Gasteiger partial charge on any atom is -0.369 e. The lowest BCUT2D eigenvalue weighted by atomic mass is 9.93. The summed E-state index contributed by atoms with van der Waals surface area (Å²) in [5.41, 5.74) is 7.57. The molecule has 0 aliphatic carbocycles. The van der Waals surface area contributed by atoms with Gasteiger partial charge in [0, 0.05) is 12.4 Å². The smallest absolute Gasteiger partial charge is 0.225 e. The van der Waals surface area contributed by atoms with Crippen LogP contribution in [0.5, 0.6) is 0 Å². The van der Waals surface area contributed by atoms with Gasteiger partial charge in [0.15, 0.2) is 0 Å². The second kappa shape index (κ2) is 5.96. The van der Waals surface area contributed by atoms with Gasteiger partial charge in [0.25, 0.3) is 0 Å². The van der Waals surface area contributed by atoms with E-state index in [-0.39, 0.29) is 11.8 Å². The first-order valence-electron chi connectivity index (χ1n) is 6.00. The SMILES string of the molecule is NC(=O)C(CCc1ccccc1)c1cccnc1. The first-order chi connectivity index (χ1) is 8.77. The van der Waals surface area contributed by atoms with Crippen LogP contribution in [0.3, 0.4) is 0 Å². The highest BCUT2D eigenvalue weighted by Gasteiger charge is 2.17. The van der Waals surface area contributed by atoms with Crippen molar-refractivity contribution in [1.82, 2.24) is 4.98 Å². The Bertz CT molecular complexity index is 496. The molecule has 0 aliphatic rings. The predicted octanol–water partition coefficient (Wildman–Crippen LogP) is 2.28. The van der Waals surface area contributed by atoms with Crippen molar-refractivity contribution in [3.63, 3.8) is 0 Å². The van der Waals surface area contributed by atoms with E-state index in [4.69, 9.17) is 5.73 Å². The van der Waals surface area contributed by atoms with Crippen molar-refractivity contribution < 1.29 is 4.79 Å². The topological polar surface area (TPSA) is 56.0 Å². The summed E-state index contributed by atoms with van der Waals surface area (Å²) >= 11 is 0. The molecule has 0 radical (unpaired) electrons. The number of hydrogen-bond acceptors (Lipinski definition) is 2. The van der Waals surface area contributed by atoms with Gasteiger partial charge in [-0.25, -0.2) is 0 Å². The highest BCUT2D eigenvalue weighted by atomic mass is 16.1. The monoisotopic (exact) mass is 240 g/mol. The first kappa shape index (κ1) is 12.3. The van der Waals surface area contributed by atoms with E-state index in [1.54, 1.807) is 12.4 Å². The molecule has 2 aromatic rings. The molecule has 3 heteroatoms. The molecule has 0 saturated heterocycles. The molecule has 92 valence electrons. The summed E-state index contributed by atoms with van der Waals surface area (Å²) in [6.45, 7) is 0. The molecule has 0 aliphatic heterocycles. The van der Waals surface area contributed by atoms with Gasteiger partial charge in [0.1, 0.15) is 0 Å². The van der Waals surface area contributed by atoms with E-state index in [1.165, 1.54) is 5.56 Å². The fourth-order valence-electron chi connectivity index (χ4n) is 2.01. The molecule has 0 fully saturated rings. The zero-order valence-corrected chi connectivity index (χ0v) is 10.1. The Morgan fingerprint density at radius 3 is 2.56 bits per heavy atom. The number of carbonyl (C=O) groups excluding carboxylic acids is 1. The third kappa shape index (κ3) is 3.17. The van der Waals surface area contributed by atoms with E-state index in [0.29, 0.717) is 6.42 Å². The van der Waals surface area contributed by atoms with E-state index in [0.717, 1.165) is 12.0 Å². The molecule has 1 unspecified atom stereocenters. The Hall–Kier alpha value is -2.16. The average Bonchev–Trinajstić information content (AvgIpc) is 2.41. The summed E-state index contributed by atoms with van der Waals surface area (Å²) < 4.78 is 0. The van der Waals surface area contributed by atoms with Crippen LogP contribution >= 0.6 is 0 Å². The molecule has 1 heterocycles. The highest BCUT2D eigenvalue weighted by Crippen LogP contribution is 2.20. The third-order valence-corrected chi connectivity index (χ3v) is 2.99. The summed E-state index contributed by atoms with van der Waals surface area (Å²) in [4.78, 5) is 15.6. The molecule has 18 heavy (non-hydrogen) atoms. The maximum absolute atomic E-state index is 11.5. The molecule has 1 aromatic carbocycles. The quantitative estimate of drug-likeness (QED) is 0.871. The number of nitrogens with zero attached hydrogens (tertiary/aromatic N) is 1. The Kier molecular flexibility index (Phi) is 4.07. The second-order valence-electron chi connectivity index (χ2n) is 4.27. The van der Waals surface area contributed by atoms with Gasteiger partial charge in [-0.05, 0) is 30.0 Å². The normalized spacial score (nSPS) is 12.0. The van der Waals surface area contributed by atoms with Crippen LogP contribution < -0.4 is 5.73 Å². The number of aromatic nitrogens is 1. The van der Waals surface area contributed by atoms with Gasteiger partial charge in [0.05, 0.1) is 5.92 Å². The van der Waals surface area contributed by atoms with Gasteiger partial charge >= 0.3 is 0 Å². The molecule has 1 amide bonds. The zero-order chi connectivity index (χ0) is 12.8. The van der Waals surface area contributed by atoms with Crippen molar-refractivity contribution >= 4 is 5.91 Å². The number of aryl methyl sites for hydroxylation is 1. The molecule has 0 spiro atoms. The number of pyridine rings is 1. The molecule has 2 N–H and O–H groups in total. The van der Waals surface area contributed by atoms with Gasteiger partial charge < -0.3 is 5.73 Å². The Labute approximate surface area is 107 Å². The predicted molar refractivity (Wildman–Crippen MR) is 70.9 cm³/mol. The summed E-state index contributed by atoms with van der Waals surface area (Å²) in [5.74, 6) is -0.558. The fraction of sp³-hybridized carbons (Fsp3) is 0.200. The van der Waals surface area contributed by atoms with Gasteiger partial charge in [0.2, 0.25) is 5.91 Å². The van der Waals surface area contributed by atoms with Crippen LogP contribution in [-0.2, 0) is 11.2 Å². The first-order valence-corrected chi connectivity index (χ1v) is 6.00. The average molecular weight is 240 g/mol. The molecule has 1 atom stereocenters. The number of amides is 1. The summed E-state index contributed by atoms with van der Waals surface area (Å²) in [6.07, 6.45) is 4.95. The van der Waals surface area contributed by atoms with Gasteiger partial charge in [-0.15, -0.1) is 0 Å². The zero-order valence-electron chi connectivity index (χ0n) is 10.1. The molecule has 1 aromatic heterocycles. The number of benzene rings is 1. The summed E-state index contributed by atoms with van der Waals surface area (Å²) in [5, 5.41) is 0. The van der Waals surface area contributed by atoms with E-state index in [2.05, 4.69) is 17.1 Å². The van der Waals surface area contributed by atoms with E-state index >= 15 is 0 Å². The molecular weight excluding hydrogens is 224 g/mol. The Morgan fingerprint density at radius 1 is 1.17 bits per heavy atom. The van der Waals surface area contributed by atoms with Crippen LogP contribution in [0.4, 0.5) is 0 Å². The van der Waals surface area contributed by atoms with Crippen LogP contribution in [0.1, 0.15) is 23.5 Å². The standard InChI is InChI=1S/C15H16N2O/c16-15(18)14(13-7-4-10-17-11-13)9-8-12-5-2-1-3-6-12/h1-7,10-11,14H,8-9H2,(H2,16,18).